The van der Waals surface area contributed by atoms with Crippen molar-refractivity contribution in [2.45, 2.75) is 19.9 Å². The number of nitrogens with two attached hydrogens (primary N) is 1. The quantitative estimate of drug-likeness (QED) is 0.901. The van der Waals surface area contributed by atoms with Crippen molar-refractivity contribution >= 4 is 0 Å². The monoisotopic (exact) mass is 265 g/mol. The van der Waals surface area contributed by atoms with Gasteiger partial charge in [0.2, 0.25) is 5.43 Å². The predicted octanol–water partition coefficient (Wildman–Crippen LogP) is 1.84. The second kappa shape index (κ2) is 4.89. The fourth-order valence-electron chi connectivity index (χ4n) is 1.79. The zero-order chi connectivity index (χ0) is 14.2. The second-order valence-electron chi connectivity index (χ2n) is 4.31. The maximum Gasteiger partial charge on any atom is 0.205 e. The average molecular weight is 265 g/mol. The number of para-hydroxylation sites is 1. The standard InChI is InChI=1S/C13H13F2N3O/c1-7-6-11(19)12(8(2)16)17-18(7)13-9(14)4-3-5-10(13)15/h3-6,8H,16H2,1-2H3. The van der Waals surface area contributed by atoms with Gasteiger partial charge in [0.05, 0.1) is 0 Å². The van der Waals surface area contributed by atoms with Gasteiger partial charge >= 0.3 is 0 Å². The van der Waals surface area contributed by atoms with Gasteiger partial charge in [-0.1, -0.05) is 6.07 Å². The first-order valence-electron chi connectivity index (χ1n) is 5.72. The van der Waals surface area contributed by atoms with E-state index in [1.807, 2.05) is 0 Å². The third-order valence-electron chi connectivity index (χ3n) is 2.71. The maximum absolute atomic E-state index is 13.7. The van der Waals surface area contributed by atoms with Crippen LogP contribution in [0.3, 0.4) is 0 Å². The van der Waals surface area contributed by atoms with Gasteiger partial charge < -0.3 is 5.73 Å². The number of aryl methyl sites for hydroxylation is 1. The normalized spacial score (nSPS) is 12.5. The molecule has 1 aromatic heterocycles. The molecule has 0 aliphatic carbocycles. The fraction of sp³-hybridized carbons (Fsp3) is 0.231. The first kappa shape index (κ1) is 13.4. The number of hydrogen-bond donors (Lipinski definition) is 1. The molecule has 1 unspecified atom stereocenters. The zero-order valence-corrected chi connectivity index (χ0v) is 10.5. The van der Waals surface area contributed by atoms with E-state index < -0.39 is 17.7 Å². The van der Waals surface area contributed by atoms with Crippen molar-refractivity contribution in [3.8, 4) is 5.69 Å². The molecule has 0 radical (unpaired) electrons. The summed E-state index contributed by atoms with van der Waals surface area (Å²) >= 11 is 0. The third kappa shape index (κ3) is 2.39. The highest BCUT2D eigenvalue weighted by atomic mass is 19.1. The number of hydrogen-bond acceptors (Lipinski definition) is 3. The molecule has 0 aliphatic heterocycles. The van der Waals surface area contributed by atoms with E-state index in [2.05, 4.69) is 5.10 Å². The van der Waals surface area contributed by atoms with Gasteiger partial charge in [-0.05, 0) is 26.0 Å². The number of nitrogens with zero attached hydrogens (tertiary/aromatic N) is 2. The Morgan fingerprint density at radius 3 is 2.42 bits per heavy atom. The van der Waals surface area contributed by atoms with E-state index in [0.29, 0.717) is 5.69 Å². The summed E-state index contributed by atoms with van der Waals surface area (Å²) in [6.07, 6.45) is 0. The molecule has 19 heavy (non-hydrogen) atoms. The molecule has 0 amide bonds. The second-order valence-corrected chi connectivity index (χ2v) is 4.31. The van der Waals surface area contributed by atoms with Crippen molar-refractivity contribution in [1.29, 1.82) is 0 Å². The Hall–Kier alpha value is -2.08. The summed E-state index contributed by atoms with van der Waals surface area (Å²) in [5.41, 5.74) is 5.35. The van der Waals surface area contributed by atoms with Gasteiger partial charge in [-0.3, -0.25) is 4.79 Å². The SMILES string of the molecule is Cc1cc(=O)c(C(C)N)nn1-c1c(F)cccc1F. The van der Waals surface area contributed by atoms with Crippen LogP contribution in [0.25, 0.3) is 5.69 Å². The van der Waals surface area contributed by atoms with Gasteiger partial charge in [0.15, 0.2) is 11.6 Å². The van der Waals surface area contributed by atoms with E-state index in [1.165, 1.54) is 12.1 Å². The first-order valence-corrected chi connectivity index (χ1v) is 5.72. The Balaban J connectivity index is 2.76. The average Bonchev–Trinajstić information content (AvgIpc) is 2.30. The fourth-order valence-corrected chi connectivity index (χ4v) is 1.79. The number of halogens is 2. The number of benzene rings is 1. The smallest absolute Gasteiger partial charge is 0.205 e. The Labute approximate surface area is 108 Å². The number of aromatic nitrogens is 2. The first-order chi connectivity index (χ1) is 8.91. The summed E-state index contributed by atoms with van der Waals surface area (Å²) in [6, 6.07) is 4.16. The van der Waals surface area contributed by atoms with Crippen LogP contribution in [0, 0.1) is 18.6 Å². The van der Waals surface area contributed by atoms with Crippen LogP contribution in [0.4, 0.5) is 8.78 Å². The van der Waals surface area contributed by atoms with E-state index in [4.69, 9.17) is 5.73 Å². The van der Waals surface area contributed by atoms with Gasteiger partial charge in [0, 0.05) is 17.8 Å². The lowest BCUT2D eigenvalue weighted by atomic mass is 10.2. The van der Waals surface area contributed by atoms with Crippen LogP contribution in [0.2, 0.25) is 0 Å². The van der Waals surface area contributed by atoms with Crippen molar-refractivity contribution in [3.63, 3.8) is 0 Å². The molecule has 1 heterocycles. The lowest BCUT2D eigenvalue weighted by Gasteiger charge is -2.13. The van der Waals surface area contributed by atoms with Crippen LogP contribution in [0.15, 0.2) is 29.1 Å². The minimum Gasteiger partial charge on any atom is -0.323 e. The van der Waals surface area contributed by atoms with Crippen molar-refractivity contribution in [2.75, 3.05) is 0 Å². The summed E-state index contributed by atoms with van der Waals surface area (Å²) < 4.78 is 28.5. The molecule has 0 saturated heterocycles. The highest BCUT2D eigenvalue weighted by molar-refractivity contribution is 5.36. The molecule has 0 aliphatic rings. The molecule has 1 aromatic carbocycles. The highest BCUT2D eigenvalue weighted by Gasteiger charge is 2.16. The molecule has 0 spiro atoms. The predicted molar refractivity (Wildman–Crippen MR) is 67.1 cm³/mol. The molecule has 2 rings (SSSR count). The van der Waals surface area contributed by atoms with Crippen LogP contribution >= 0.6 is 0 Å². The van der Waals surface area contributed by atoms with Gasteiger partial charge in [-0.2, -0.15) is 5.10 Å². The Kier molecular flexibility index (Phi) is 3.44. The van der Waals surface area contributed by atoms with Crippen molar-refractivity contribution in [1.82, 2.24) is 9.78 Å². The Morgan fingerprint density at radius 1 is 1.32 bits per heavy atom. The largest absolute Gasteiger partial charge is 0.323 e. The van der Waals surface area contributed by atoms with Crippen LogP contribution < -0.4 is 11.2 Å². The van der Waals surface area contributed by atoms with Crippen molar-refractivity contribution in [3.05, 3.63) is 57.5 Å². The van der Waals surface area contributed by atoms with Crippen molar-refractivity contribution < 1.29 is 8.78 Å². The topological polar surface area (TPSA) is 60.9 Å². The molecule has 0 fully saturated rings. The van der Waals surface area contributed by atoms with E-state index in [0.717, 1.165) is 16.8 Å². The molecule has 2 aromatic rings. The van der Waals surface area contributed by atoms with Crippen LogP contribution in [-0.2, 0) is 0 Å². The van der Waals surface area contributed by atoms with Crippen LogP contribution in [-0.4, -0.2) is 9.78 Å². The summed E-state index contributed by atoms with van der Waals surface area (Å²) in [6.45, 7) is 3.13. The minimum atomic E-state index is -0.755. The lowest BCUT2D eigenvalue weighted by Crippen LogP contribution is -2.24. The molecule has 2 N–H and O–H groups in total. The van der Waals surface area contributed by atoms with Gasteiger partial charge in [-0.25, -0.2) is 13.5 Å². The molecule has 1 atom stereocenters. The van der Waals surface area contributed by atoms with Gasteiger partial charge in [-0.15, -0.1) is 0 Å². The highest BCUT2D eigenvalue weighted by Crippen LogP contribution is 2.18. The molecule has 4 nitrogen and oxygen atoms in total. The van der Waals surface area contributed by atoms with Gasteiger partial charge in [0.1, 0.15) is 11.4 Å². The Morgan fingerprint density at radius 2 is 1.89 bits per heavy atom. The lowest BCUT2D eigenvalue weighted by molar-refractivity contribution is 0.548. The molecular weight excluding hydrogens is 252 g/mol. The van der Waals surface area contributed by atoms with E-state index in [-0.39, 0.29) is 16.8 Å². The Bertz CT molecular complexity index is 660. The van der Waals surface area contributed by atoms with E-state index in [1.54, 1.807) is 13.8 Å². The van der Waals surface area contributed by atoms with Crippen LogP contribution in [0.5, 0.6) is 0 Å². The van der Waals surface area contributed by atoms with Crippen molar-refractivity contribution in [2.24, 2.45) is 5.73 Å². The third-order valence-corrected chi connectivity index (χ3v) is 2.71. The maximum atomic E-state index is 13.7. The summed E-state index contributed by atoms with van der Waals surface area (Å²) in [5.74, 6) is -1.51. The van der Waals surface area contributed by atoms with Gasteiger partial charge in [0.25, 0.3) is 0 Å². The van der Waals surface area contributed by atoms with Crippen LogP contribution in [0.1, 0.15) is 24.4 Å². The molecular formula is C13H13F2N3O. The molecule has 0 bridgehead atoms. The van der Waals surface area contributed by atoms with E-state index >= 15 is 0 Å². The number of rotatable bonds is 2. The van der Waals surface area contributed by atoms with E-state index in [9.17, 15) is 13.6 Å². The summed E-state index contributed by atoms with van der Waals surface area (Å²) in [7, 11) is 0. The summed E-state index contributed by atoms with van der Waals surface area (Å²) in [4.78, 5) is 11.7. The zero-order valence-electron chi connectivity index (χ0n) is 10.5. The molecule has 6 heteroatoms. The molecule has 0 saturated carbocycles. The minimum absolute atomic E-state index is 0.0632. The molecule has 100 valence electrons. The summed E-state index contributed by atoms with van der Waals surface area (Å²) in [5, 5.41) is 3.96.